The third-order valence-corrected chi connectivity index (χ3v) is 3.51. The van der Waals surface area contributed by atoms with Gasteiger partial charge in [0.1, 0.15) is 11.2 Å². The molecule has 0 saturated carbocycles. The van der Waals surface area contributed by atoms with Gasteiger partial charge in [-0.1, -0.05) is 0 Å². The zero-order valence-electron chi connectivity index (χ0n) is 15.0. The summed E-state index contributed by atoms with van der Waals surface area (Å²) in [6, 6.07) is 0. The first-order valence-electron chi connectivity index (χ1n) is 8.20. The summed E-state index contributed by atoms with van der Waals surface area (Å²) in [4.78, 5) is 45.9. The molecule has 9 nitrogen and oxygen atoms in total. The lowest BCUT2D eigenvalue weighted by molar-refractivity contribution is 0.0239. The van der Waals surface area contributed by atoms with E-state index < -0.39 is 17.1 Å². The van der Waals surface area contributed by atoms with Crippen LogP contribution < -0.4 is 10.5 Å². The van der Waals surface area contributed by atoms with Crippen LogP contribution in [0.4, 0.5) is 10.7 Å². The number of aromatic amines is 1. The number of aromatic nitrogens is 2. The van der Waals surface area contributed by atoms with Gasteiger partial charge in [-0.25, -0.2) is 14.6 Å². The molecule has 1 aliphatic rings. The van der Waals surface area contributed by atoms with Crippen molar-refractivity contribution in [3.8, 4) is 0 Å². The van der Waals surface area contributed by atoms with E-state index in [0.29, 0.717) is 32.1 Å². The van der Waals surface area contributed by atoms with Crippen LogP contribution in [0.5, 0.6) is 0 Å². The SMILES string of the molecule is CCOC(=O)c1cnc(N2CCN(C(=O)OC(C)(C)C)CC2)[nH]c1=O. The lowest BCUT2D eigenvalue weighted by atomic mass is 10.2. The van der Waals surface area contributed by atoms with Crippen LogP contribution in [-0.4, -0.2) is 65.3 Å². The van der Waals surface area contributed by atoms with Crippen molar-refractivity contribution in [1.82, 2.24) is 14.9 Å². The van der Waals surface area contributed by atoms with Crippen molar-refractivity contribution in [2.45, 2.75) is 33.3 Å². The second-order valence-corrected chi connectivity index (χ2v) is 6.62. The third-order valence-electron chi connectivity index (χ3n) is 3.51. The first-order valence-corrected chi connectivity index (χ1v) is 8.20. The number of esters is 1. The molecule has 0 bridgehead atoms. The molecule has 2 heterocycles. The molecular formula is C16H24N4O5. The largest absolute Gasteiger partial charge is 0.462 e. The number of piperazine rings is 1. The predicted molar refractivity (Wildman–Crippen MR) is 90.8 cm³/mol. The molecule has 1 aliphatic heterocycles. The maximum absolute atomic E-state index is 12.1. The van der Waals surface area contributed by atoms with Crippen LogP contribution in [0, 0.1) is 0 Å². The first kappa shape index (κ1) is 18.8. The molecule has 1 fully saturated rings. The topological polar surface area (TPSA) is 105 Å². The number of nitrogens with zero attached hydrogens (tertiary/aromatic N) is 3. The quantitative estimate of drug-likeness (QED) is 0.809. The Balaban J connectivity index is 1.99. The maximum Gasteiger partial charge on any atom is 0.410 e. The zero-order valence-corrected chi connectivity index (χ0v) is 15.0. The molecule has 0 radical (unpaired) electrons. The molecule has 0 atom stereocenters. The molecule has 138 valence electrons. The number of rotatable bonds is 3. The Kier molecular flexibility index (Phi) is 5.66. The Hall–Kier alpha value is -2.58. The van der Waals surface area contributed by atoms with Gasteiger partial charge < -0.3 is 19.3 Å². The number of anilines is 1. The number of hydrogen-bond donors (Lipinski definition) is 1. The maximum atomic E-state index is 12.1. The number of ether oxygens (including phenoxy) is 2. The van der Waals surface area contributed by atoms with Gasteiger partial charge >= 0.3 is 12.1 Å². The summed E-state index contributed by atoms with van der Waals surface area (Å²) in [7, 11) is 0. The van der Waals surface area contributed by atoms with Crippen LogP contribution in [0.15, 0.2) is 11.0 Å². The summed E-state index contributed by atoms with van der Waals surface area (Å²) >= 11 is 0. The van der Waals surface area contributed by atoms with E-state index in [1.165, 1.54) is 6.20 Å². The van der Waals surface area contributed by atoms with Gasteiger partial charge in [-0.05, 0) is 27.7 Å². The Morgan fingerprint density at radius 3 is 2.40 bits per heavy atom. The van der Waals surface area contributed by atoms with E-state index in [-0.39, 0.29) is 18.3 Å². The fourth-order valence-electron chi connectivity index (χ4n) is 2.33. The van der Waals surface area contributed by atoms with E-state index in [9.17, 15) is 14.4 Å². The summed E-state index contributed by atoms with van der Waals surface area (Å²) < 4.78 is 10.1. The molecule has 0 unspecified atom stereocenters. The van der Waals surface area contributed by atoms with Crippen LogP contribution in [0.1, 0.15) is 38.1 Å². The van der Waals surface area contributed by atoms with Crippen LogP contribution in [-0.2, 0) is 9.47 Å². The highest BCUT2D eigenvalue weighted by atomic mass is 16.6. The van der Waals surface area contributed by atoms with Gasteiger partial charge in [-0.2, -0.15) is 0 Å². The third kappa shape index (κ3) is 4.94. The number of hydrogen-bond acceptors (Lipinski definition) is 7. The molecule has 0 spiro atoms. The second-order valence-electron chi connectivity index (χ2n) is 6.62. The van der Waals surface area contributed by atoms with E-state index in [1.54, 1.807) is 11.8 Å². The molecular weight excluding hydrogens is 328 g/mol. The Morgan fingerprint density at radius 2 is 1.88 bits per heavy atom. The molecule has 9 heteroatoms. The Labute approximate surface area is 145 Å². The summed E-state index contributed by atoms with van der Waals surface area (Å²) in [5.41, 5.74) is -1.21. The first-order chi connectivity index (χ1) is 11.7. The van der Waals surface area contributed by atoms with E-state index in [0.717, 1.165) is 0 Å². The highest BCUT2D eigenvalue weighted by Gasteiger charge is 2.27. The predicted octanol–water partition coefficient (Wildman–Crippen LogP) is 1.00. The van der Waals surface area contributed by atoms with Crippen molar-refractivity contribution in [2.75, 3.05) is 37.7 Å². The highest BCUT2D eigenvalue weighted by Crippen LogP contribution is 2.14. The average molecular weight is 352 g/mol. The minimum absolute atomic E-state index is 0.127. The lowest BCUT2D eigenvalue weighted by Gasteiger charge is -2.35. The number of amides is 1. The number of H-pyrrole nitrogens is 1. The number of carbonyl (C=O) groups is 2. The van der Waals surface area contributed by atoms with Crippen molar-refractivity contribution in [1.29, 1.82) is 0 Å². The lowest BCUT2D eigenvalue weighted by Crippen LogP contribution is -2.50. The molecule has 1 aromatic rings. The number of carbonyl (C=O) groups excluding carboxylic acids is 2. The minimum Gasteiger partial charge on any atom is -0.462 e. The molecule has 1 aromatic heterocycles. The van der Waals surface area contributed by atoms with Gasteiger partial charge in [0.2, 0.25) is 5.95 Å². The smallest absolute Gasteiger partial charge is 0.410 e. The van der Waals surface area contributed by atoms with E-state index in [4.69, 9.17) is 9.47 Å². The Morgan fingerprint density at radius 1 is 1.24 bits per heavy atom. The molecule has 25 heavy (non-hydrogen) atoms. The van der Waals surface area contributed by atoms with Crippen molar-refractivity contribution in [3.05, 3.63) is 22.1 Å². The van der Waals surface area contributed by atoms with Gasteiger partial charge in [0.05, 0.1) is 12.8 Å². The van der Waals surface area contributed by atoms with Gasteiger partial charge in [0.15, 0.2) is 0 Å². The molecule has 1 N–H and O–H groups in total. The van der Waals surface area contributed by atoms with Crippen LogP contribution in [0.3, 0.4) is 0 Å². The monoisotopic (exact) mass is 352 g/mol. The van der Waals surface area contributed by atoms with Gasteiger partial charge in [-0.3, -0.25) is 9.78 Å². The second kappa shape index (κ2) is 7.54. The fraction of sp³-hybridized carbons (Fsp3) is 0.625. The standard InChI is InChI=1S/C16H24N4O5/c1-5-24-13(22)11-10-17-14(18-12(11)21)19-6-8-20(9-7-19)15(23)25-16(2,3)4/h10H,5-9H2,1-4H3,(H,17,18,21). The van der Waals surface area contributed by atoms with Crippen LogP contribution in [0.2, 0.25) is 0 Å². The minimum atomic E-state index is -0.697. The normalized spacial score (nSPS) is 15.0. The average Bonchev–Trinajstić information content (AvgIpc) is 2.53. The van der Waals surface area contributed by atoms with Crippen LogP contribution >= 0.6 is 0 Å². The van der Waals surface area contributed by atoms with Crippen molar-refractivity contribution in [2.24, 2.45) is 0 Å². The molecule has 0 aliphatic carbocycles. The van der Waals surface area contributed by atoms with Crippen LogP contribution in [0.25, 0.3) is 0 Å². The van der Waals surface area contributed by atoms with Crippen molar-refractivity contribution >= 4 is 18.0 Å². The summed E-state index contributed by atoms with van der Waals surface area (Å²) in [5.74, 6) is -0.334. The zero-order chi connectivity index (χ0) is 18.6. The number of nitrogens with one attached hydrogen (secondary N) is 1. The van der Waals surface area contributed by atoms with Crippen molar-refractivity contribution in [3.63, 3.8) is 0 Å². The van der Waals surface area contributed by atoms with Gasteiger partial charge in [0.25, 0.3) is 5.56 Å². The summed E-state index contributed by atoms with van der Waals surface area (Å²) in [6.07, 6.45) is 0.859. The van der Waals surface area contributed by atoms with Gasteiger partial charge in [-0.15, -0.1) is 0 Å². The molecule has 1 amide bonds. The van der Waals surface area contributed by atoms with E-state index in [2.05, 4.69) is 9.97 Å². The highest BCUT2D eigenvalue weighted by molar-refractivity contribution is 5.88. The molecule has 2 rings (SSSR count). The van der Waals surface area contributed by atoms with Crippen molar-refractivity contribution < 1.29 is 19.1 Å². The summed E-state index contributed by atoms with van der Waals surface area (Å²) in [6.45, 7) is 9.23. The van der Waals surface area contributed by atoms with E-state index >= 15 is 0 Å². The summed E-state index contributed by atoms with van der Waals surface area (Å²) in [5, 5.41) is 0. The molecule has 1 saturated heterocycles. The van der Waals surface area contributed by atoms with Gasteiger partial charge in [0, 0.05) is 26.2 Å². The Bertz CT molecular complexity index is 687. The van der Waals surface area contributed by atoms with E-state index in [1.807, 2.05) is 25.7 Å². The fourth-order valence-corrected chi connectivity index (χ4v) is 2.33. The molecule has 0 aromatic carbocycles.